The summed E-state index contributed by atoms with van der Waals surface area (Å²) in [6.45, 7) is 5.90. The Labute approximate surface area is 99.6 Å². The minimum absolute atomic E-state index is 0.181. The van der Waals surface area contributed by atoms with Gasteiger partial charge in [-0.05, 0) is 39.8 Å². The van der Waals surface area contributed by atoms with Crippen LogP contribution in [0.25, 0.3) is 0 Å². The van der Waals surface area contributed by atoms with Crippen LogP contribution in [0.3, 0.4) is 0 Å². The van der Waals surface area contributed by atoms with Crippen molar-refractivity contribution in [2.75, 3.05) is 14.1 Å². The summed E-state index contributed by atoms with van der Waals surface area (Å²) < 4.78 is 0. The molecule has 3 heteroatoms. The quantitative estimate of drug-likeness (QED) is 0.781. The maximum absolute atomic E-state index is 11.8. The molecule has 0 aromatic carbocycles. The number of carbonyl (C=O) groups is 1. The highest BCUT2D eigenvalue weighted by Crippen LogP contribution is 2.23. The van der Waals surface area contributed by atoms with Crippen LogP contribution in [0.5, 0.6) is 0 Å². The van der Waals surface area contributed by atoms with Crippen LogP contribution >= 0.6 is 0 Å². The third kappa shape index (κ3) is 3.78. The summed E-state index contributed by atoms with van der Waals surface area (Å²) in [7, 11) is 4.28. The Morgan fingerprint density at radius 3 is 2.00 bits per heavy atom. The summed E-state index contributed by atoms with van der Waals surface area (Å²) in [4.78, 5) is 14.1. The third-order valence-electron chi connectivity index (χ3n) is 3.44. The van der Waals surface area contributed by atoms with E-state index in [4.69, 9.17) is 0 Å². The normalized spacial score (nSPS) is 26.9. The lowest BCUT2D eigenvalue weighted by molar-refractivity contribution is -0.129. The van der Waals surface area contributed by atoms with Gasteiger partial charge in [-0.15, -0.1) is 0 Å². The second-order valence-corrected chi connectivity index (χ2v) is 6.19. The van der Waals surface area contributed by atoms with Crippen molar-refractivity contribution in [3.8, 4) is 0 Å². The predicted octanol–water partition coefficient (Wildman–Crippen LogP) is 2.02. The van der Waals surface area contributed by atoms with Gasteiger partial charge in [0.05, 0.1) is 0 Å². The molecule has 1 N–H and O–H groups in total. The summed E-state index contributed by atoms with van der Waals surface area (Å²) in [6.07, 6.45) is 4.62. The van der Waals surface area contributed by atoms with Crippen molar-refractivity contribution < 1.29 is 4.79 Å². The molecule has 0 unspecified atom stereocenters. The standard InChI is InChI=1S/C13H26N2O/c1-13(2,3)12(16)14-10-6-8-11(9-7-10)15(4)5/h10-11H,6-9H2,1-5H3,(H,14,16). The summed E-state index contributed by atoms with van der Waals surface area (Å²) in [5, 5.41) is 3.16. The molecular weight excluding hydrogens is 200 g/mol. The van der Waals surface area contributed by atoms with Crippen molar-refractivity contribution in [3.63, 3.8) is 0 Å². The molecular formula is C13H26N2O. The van der Waals surface area contributed by atoms with Crippen molar-refractivity contribution in [2.45, 2.75) is 58.5 Å². The van der Waals surface area contributed by atoms with Crippen LogP contribution in [-0.2, 0) is 4.79 Å². The van der Waals surface area contributed by atoms with Crippen molar-refractivity contribution in [1.29, 1.82) is 0 Å². The largest absolute Gasteiger partial charge is 0.353 e. The van der Waals surface area contributed by atoms with Crippen LogP contribution in [0.2, 0.25) is 0 Å². The molecule has 0 aliphatic heterocycles. The number of rotatable bonds is 2. The second-order valence-electron chi connectivity index (χ2n) is 6.19. The lowest BCUT2D eigenvalue weighted by Gasteiger charge is -2.34. The minimum Gasteiger partial charge on any atom is -0.353 e. The smallest absolute Gasteiger partial charge is 0.225 e. The van der Waals surface area contributed by atoms with E-state index in [-0.39, 0.29) is 11.3 Å². The molecule has 0 aromatic rings. The zero-order valence-corrected chi connectivity index (χ0v) is 11.3. The number of nitrogens with zero attached hydrogens (tertiary/aromatic N) is 1. The lowest BCUT2D eigenvalue weighted by atomic mass is 9.89. The van der Waals surface area contributed by atoms with Crippen LogP contribution in [-0.4, -0.2) is 37.0 Å². The first kappa shape index (κ1) is 13.5. The molecule has 0 atom stereocenters. The maximum Gasteiger partial charge on any atom is 0.225 e. The van der Waals surface area contributed by atoms with Crippen LogP contribution in [0.4, 0.5) is 0 Å². The van der Waals surface area contributed by atoms with Gasteiger partial charge in [0.1, 0.15) is 0 Å². The van der Waals surface area contributed by atoms with Gasteiger partial charge < -0.3 is 10.2 Å². The molecule has 1 saturated carbocycles. The topological polar surface area (TPSA) is 32.3 Å². The van der Waals surface area contributed by atoms with Crippen LogP contribution in [0, 0.1) is 5.41 Å². The summed E-state index contributed by atoms with van der Waals surface area (Å²) in [6, 6.07) is 1.09. The average Bonchev–Trinajstić information content (AvgIpc) is 2.17. The zero-order valence-electron chi connectivity index (χ0n) is 11.3. The van der Waals surface area contributed by atoms with E-state index in [1.165, 1.54) is 12.8 Å². The Kier molecular flexibility index (Phi) is 4.36. The van der Waals surface area contributed by atoms with Crippen molar-refractivity contribution in [3.05, 3.63) is 0 Å². The van der Waals surface area contributed by atoms with Crippen molar-refractivity contribution in [2.24, 2.45) is 5.41 Å². The molecule has 0 spiro atoms. The molecule has 16 heavy (non-hydrogen) atoms. The summed E-state index contributed by atoms with van der Waals surface area (Å²) in [5.41, 5.74) is -0.265. The SMILES string of the molecule is CN(C)C1CCC(NC(=O)C(C)(C)C)CC1. The summed E-state index contributed by atoms with van der Waals surface area (Å²) in [5.74, 6) is 0.181. The number of hydrogen-bond acceptors (Lipinski definition) is 2. The van der Waals surface area contributed by atoms with Gasteiger partial charge in [0.15, 0.2) is 0 Å². The van der Waals surface area contributed by atoms with Crippen LogP contribution in [0.1, 0.15) is 46.5 Å². The first-order valence-electron chi connectivity index (χ1n) is 6.28. The molecule has 1 fully saturated rings. The fourth-order valence-corrected chi connectivity index (χ4v) is 2.14. The van der Waals surface area contributed by atoms with Gasteiger partial charge in [-0.25, -0.2) is 0 Å². The summed E-state index contributed by atoms with van der Waals surface area (Å²) >= 11 is 0. The Morgan fingerprint density at radius 2 is 1.62 bits per heavy atom. The second kappa shape index (κ2) is 5.17. The number of carbonyl (C=O) groups excluding carboxylic acids is 1. The molecule has 1 rings (SSSR count). The van der Waals surface area contributed by atoms with E-state index in [1.807, 2.05) is 20.8 Å². The minimum atomic E-state index is -0.265. The van der Waals surface area contributed by atoms with E-state index in [0.29, 0.717) is 12.1 Å². The fraction of sp³-hybridized carbons (Fsp3) is 0.923. The number of nitrogens with one attached hydrogen (secondary N) is 1. The Balaban J connectivity index is 2.35. The van der Waals surface area contributed by atoms with Gasteiger partial charge in [-0.2, -0.15) is 0 Å². The van der Waals surface area contributed by atoms with E-state index < -0.39 is 0 Å². The molecule has 0 radical (unpaired) electrons. The monoisotopic (exact) mass is 226 g/mol. The first-order chi connectivity index (χ1) is 7.30. The molecule has 94 valence electrons. The Morgan fingerprint density at radius 1 is 1.12 bits per heavy atom. The Bertz CT molecular complexity index is 235. The first-order valence-corrected chi connectivity index (χ1v) is 6.28. The van der Waals surface area contributed by atoms with E-state index in [2.05, 4.69) is 24.3 Å². The average molecular weight is 226 g/mol. The molecule has 0 bridgehead atoms. The molecule has 1 aliphatic carbocycles. The highest BCUT2D eigenvalue weighted by atomic mass is 16.2. The van der Waals surface area contributed by atoms with Gasteiger partial charge in [0.2, 0.25) is 5.91 Å². The van der Waals surface area contributed by atoms with Gasteiger partial charge in [0, 0.05) is 17.5 Å². The van der Waals surface area contributed by atoms with Crippen molar-refractivity contribution >= 4 is 5.91 Å². The fourth-order valence-electron chi connectivity index (χ4n) is 2.14. The number of hydrogen-bond donors (Lipinski definition) is 1. The molecule has 0 aromatic heterocycles. The third-order valence-corrected chi connectivity index (χ3v) is 3.44. The molecule has 3 nitrogen and oxygen atoms in total. The zero-order chi connectivity index (χ0) is 12.3. The van der Waals surface area contributed by atoms with E-state index in [9.17, 15) is 4.79 Å². The van der Waals surface area contributed by atoms with Gasteiger partial charge in [-0.1, -0.05) is 20.8 Å². The number of amides is 1. The van der Waals surface area contributed by atoms with E-state index >= 15 is 0 Å². The van der Waals surface area contributed by atoms with E-state index in [0.717, 1.165) is 12.8 Å². The molecule has 0 heterocycles. The highest BCUT2D eigenvalue weighted by molar-refractivity contribution is 5.81. The van der Waals surface area contributed by atoms with Crippen LogP contribution in [0.15, 0.2) is 0 Å². The Hall–Kier alpha value is -0.570. The van der Waals surface area contributed by atoms with E-state index in [1.54, 1.807) is 0 Å². The highest BCUT2D eigenvalue weighted by Gasteiger charge is 2.27. The van der Waals surface area contributed by atoms with Crippen LogP contribution < -0.4 is 5.32 Å². The predicted molar refractivity (Wildman–Crippen MR) is 67.3 cm³/mol. The van der Waals surface area contributed by atoms with Gasteiger partial charge in [-0.3, -0.25) is 4.79 Å². The van der Waals surface area contributed by atoms with Gasteiger partial charge in [0.25, 0.3) is 0 Å². The van der Waals surface area contributed by atoms with Crippen molar-refractivity contribution in [1.82, 2.24) is 10.2 Å². The lowest BCUT2D eigenvalue weighted by Crippen LogP contribution is -2.45. The molecule has 0 saturated heterocycles. The molecule has 1 aliphatic rings. The molecule has 1 amide bonds. The maximum atomic E-state index is 11.8. The van der Waals surface area contributed by atoms with Gasteiger partial charge >= 0.3 is 0 Å².